The van der Waals surface area contributed by atoms with Crippen molar-refractivity contribution in [3.8, 4) is 0 Å². The first-order valence-corrected chi connectivity index (χ1v) is 2.79. The van der Waals surface area contributed by atoms with E-state index in [9.17, 15) is 14.4 Å². The average molecular weight is 144 g/mol. The second-order valence-electron chi connectivity index (χ2n) is 2.03. The molecule has 1 fully saturated rings. The van der Waals surface area contributed by atoms with Crippen molar-refractivity contribution in [1.29, 1.82) is 0 Å². The minimum absolute atomic E-state index is 0.0560. The lowest BCUT2D eigenvalue weighted by Gasteiger charge is -1.95. The molecule has 1 saturated heterocycles. The summed E-state index contributed by atoms with van der Waals surface area (Å²) in [5.41, 5.74) is 0. The van der Waals surface area contributed by atoms with E-state index in [1.165, 1.54) is 0 Å². The molecule has 10 heavy (non-hydrogen) atoms. The highest BCUT2D eigenvalue weighted by molar-refractivity contribution is 5.95. The van der Waals surface area contributed by atoms with Crippen molar-refractivity contribution in [1.82, 2.24) is 0 Å². The van der Waals surface area contributed by atoms with E-state index >= 15 is 0 Å². The molecule has 0 atom stereocenters. The Morgan fingerprint density at radius 1 is 1.30 bits per heavy atom. The Hall–Kier alpha value is -1.23. The number of amides is 3. The monoisotopic (exact) mass is 144 g/mol. The molecule has 0 aromatic heterocycles. The highest BCUT2D eigenvalue weighted by atomic mass is 16.4. The van der Waals surface area contributed by atoms with Crippen LogP contribution < -0.4 is 4.90 Å². The van der Waals surface area contributed by atoms with E-state index in [1.54, 1.807) is 0 Å². The van der Waals surface area contributed by atoms with Crippen molar-refractivity contribution in [2.75, 3.05) is 0 Å². The van der Waals surface area contributed by atoms with Gasteiger partial charge in [-0.25, -0.2) is 9.59 Å². The molecule has 5 heteroatoms. The topological polar surface area (TPSA) is 75.9 Å². The minimum Gasteiger partial charge on any atom is -0.435 e. The van der Waals surface area contributed by atoms with Gasteiger partial charge in [-0.1, -0.05) is 0 Å². The molecule has 0 bridgehead atoms. The van der Waals surface area contributed by atoms with Crippen LogP contribution in [0.5, 0.6) is 0 Å². The predicted octanol–water partition coefficient (Wildman–Crippen LogP) is -1.60. The van der Waals surface area contributed by atoms with Crippen molar-refractivity contribution in [3.63, 3.8) is 0 Å². The standard InChI is InChI=1S/C5H5NO4/c7-3-1-2-4(8)6(3)5(9)10/h1-2H2,(H,9,10)/p+1. The van der Waals surface area contributed by atoms with Crippen LogP contribution in [0.1, 0.15) is 12.8 Å². The molecule has 0 radical (unpaired) electrons. The summed E-state index contributed by atoms with van der Waals surface area (Å²) in [6.45, 7) is 0. The molecule has 0 saturated carbocycles. The second-order valence-corrected chi connectivity index (χ2v) is 2.03. The van der Waals surface area contributed by atoms with Crippen LogP contribution in [0.25, 0.3) is 0 Å². The number of hydrogen-bond acceptors (Lipinski definition) is 3. The molecule has 54 valence electrons. The summed E-state index contributed by atoms with van der Waals surface area (Å²) in [7, 11) is 0. The predicted molar refractivity (Wildman–Crippen MR) is 28.2 cm³/mol. The lowest BCUT2D eigenvalue weighted by atomic mass is 10.4. The van der Waals surface area contributed by atoms with Crippen molar-refractivity contribution in [2.45, 2.75) is 12.8 Å². The van der Waals surface area contributed by atoms with E-state index in [0.29, 0.717) is 0 Å². The Labute approximate surface area is 56.2 Å². The van der Waals surface area contributed by atoms with Gasteiger partial charge in [-0.2, -0.15) is 4.79 Å². The number of carboxylic acid groups (broad SMARTS) is 1. The second kappa shape index (κ2) is 2.18. The molecule has 0 aliphatic carbocycles. The van der Waals surface area contributed by atoms with Gasteiger partial charge < -0.3 is 5.11 Å². The number of carbonyl (C=O) groups is 3. The molecule has 0 unspecified atom stereocenters. The Bertz CT molecular complexity index is 194. The van der Waals surface area contributed by atoms with Crippen LogP contribution in [0.2, 0.25) is 0 Å². The summed E-state index contributed by atoms with van der Waals surface area (Å²) in [6, 6.07) is 0. The van der Waals surface area contributed by atoms with Gasteiger partial charge in [-0.3, -0.25) is 0 Å². The number of quaternary nitrogens is 1. The molecular weight excluding hydrogens is 138 g/mol. The van der Waals surface area contributed by atoms with Gasteiger partial charge in [-0.05, 0) is 0 Å². The van der Waals surface area contributed by atoms with Crippen LogP contribution in [0.3, 0.4) is 0 Å². The van der Waals surface area contributed by atoms with E-state index in [-0.39, 0.29) is 12.8 Å². The Morgan fingerprint density at radius 3 is 1.90 bits per heavy atom. The summed E-state index contributed by atoms with van der Waals surface area (Å²) < 4.78 is 0. The van der Waals surface area contributed by atoms with Crippen LogP contribution >= 0.6 is 0 Å². The highest BCUT2D eigenvalue weighted by Gasteiger charge is 2.41. The maximum Gasteiger partial charge on any atom is 0.527 e. The first-order chi connectivity index (χ1) is 4.63. The molecule has 2 N–H and O–H groups in total. The number of carbonyl (C=O) groups excluding carboxylic acids is 2. The SMILES string of the molecule is O=C(O)[NH+]1C(=O)CCC1=O. The van der Waals surface area contributed by atoms with E-state index in [2.05, 4.69) is 0 Å². The van der Waals surface area contributed by atoms with Gasteiger partial charge in [0.05, 0.1) is 12.8 Å². The first-order valence-electron chi connectivity index (χ1n) is 2.79. The Balaban J connectivity index is 2.82. The third kappa shape index (κ3) is 0.906. The van der Waals surface area contributed by atoms with Crippen LogP contribution in [-0.2, 0) is 9.59 Å². The van der Waals surface area contributed by atoms with Crippen LogP contribution in [0, 0.1) is 0 Å². The summed E-state index contributed by atoms with van der Waals surface area (Å²) in [5.74, 6) is -1.09. The average Bonchev–Trinajstić information content (AvgIpc) is 2.11. The highest BCUT2D eigenvalue weighted by Crippen LogP contribution is 1.91. The minimum atomic E-state index is -1.40. The third-order valence-electron chi connectivity index (χ3n) is 1.35. The van der Waals surface area contributed by atoms with Gasteiger partial charge in [-0.15, -0.1) is 4.90 Å². The van der Waals surface area contributed by atoms with E-state index in [0.717, 1.165) is 0 Å². The zero-order valence-corrected chi connectivity index (χ0v) is 5.09. The summed E-state index contributed by atoms with van der Waals surface area (Å²) in [4.78, 5) is 30.8. The fraction of sp³-hybridized carbons (Fsp3) is 0.400. The van der Waals surface area contributed by atoms with Gasteiger partial charge in [0.2, 0.25) is 0 Å². The van der Waals surface area contributed by atoms with Gasteiger partial charge in [0, 0.05) is 0 Å². The summed E-state index contributed by atoms with van der Waals surface area (Å²) in [5, 5.41) is 8.28. The zero-order chi connectivity index (χ0) is 7.72. The largest absolute Gasteiger partial charge is 0.527 e. The maximum atomic E-state index is 10.6. The van der Waals surface area contributed by atoms with Crippen molar-refractivity contribution in [3.05, 3.63) is 0 Å². The van der Waals surface area contributed by atoms with E-state index in [1.807, 2.05) is 0 Å². The van der Waals surface area contributed by atoms with Gasteiger partial charge >= 0.3 is 17.9 Å². The van der Waals surface area contributed by atoms with Gasteiger partial charge in [0.1, 0.15) is 0 Å². The molecule has 3 amide bonds. The molecule has 5 nitrogen and oxygen atoms in total. The normalized spacial score (nSPS) is 20.0. The number of likely N-dealkylation sites (tertiary alicyclic amines) is 1. The quantitative estimate of drug-likeness (QED) is 0.401. The number of rotatable bonds is 0. The van der Waals surface area contributed by atoms with Gasteiger partial charge in [0.25, 0.3) is 0 Å². The first kappa shape index (κ1) is 6.88. The molecule has 1 heterocycles. The van der Waals surface area contributed by atoms with Crippen molar-refractivity contribution >= 4 is 17.9 Å². The van der Waals surface area contributed by atoms with E-state index in [4.69, 9.17) is 5.11 Å². The van der Waals surface area contributed by atoms with Gasteiger partial charge in [0.15, 0.2) is 0 Å². The third-order valence-corrected chi connectivity index (χ3v) is 1.35. The molecule has 1 aliphatic rings. The number of hydrogen-bond donors (Lipinski definition) is 2. The fourth-order valence-corrected chi connectivity index (χ4v) is 0.871. The molecule has 0 spiro atoms. The lowest BCUT2D eigenvalue weighted by molar-refractivity contribution is -0.651. The fourth-order valence-electron chi connectivity index (χ4n) is 0.871. The van der Waals surface area contributed by atoms with Crippen molar-refractivity contribution < 1.29 is 24.4 Å². The van der Waals surface area contributed by atoms with Crippen molar-refractivity contribution in [2.24, 2.45) is 0 Å². The Kier molecular flexibility index (Phi) is 1.50. The molecule has 1 rings (SSSR count). The maximum absolute atomic E-state index is 10.6. The number of imide groups is 3. The Morgan fingerprint density at radius 2 is 1.70 bits per heavy atom. The zero-order valence-electron chi connectivity index (χ0n) is 5.09. The summed E-state index contributed by atoms with van der Waals surface area (Å²) in [6.07, 6.45) is -1.28. The molecule has 0 aromatic carbocycles. The smallest absolute Gasteiger partial charge is 0.435 e. The summed E-state index contributed by atoms with van der Waals surface area (Å²) >= 11 is 0. The van der Waals surface area contributed by atoms with Crippen LogP contribution in [-0.4, -0.2) is 23.0 Å². The molecule has 0 aromatic rings. The van der Waals surface area contributed by atoms with Crippen LogP contribution in [0.4, 0.5) is 4.79 Å². The number of nitrogens with one attached hydrogen (secondary N) is 1. The van der Waals surface area contributed by atoms with E-state index < -0.39 is 22.8 Å². The molecule has 1 aliphatic heterocycles. The lowest BCUT2D eigenvalue weighted by Crippen LogP contribution is -3.17. The molecular formula is C5H6NO4+. The van der Waals surface area contributed by atoms with Crippen LogP contribution in [0.15, 0.2) is 0 Å².